The quantitative estimate of drug-likeness (QED) is 0.795. The fourth-order valence-electron chi connectivity index (χ4n) is 5.36. The van der Waals surface area contributed by atoms with Crippen molar-refractivity contribution in [3.63, 3.8) is 0 Å². The molecule has 0 spiro atoms. The van der Waals surface area contributed by atoms with Crippen molar-refractivity contribution in [2.45, 2.75) is 51.6 Å². The third-order valence-electron chi connectivity index (χ3n) is 5.90. The maximum Gasteiger partial charge on any atom is 0.167 e. The molecule has 0 aromatic carbocycles. The molecular weight excluding hydrogens is 250 g/mol. The van der Waals surface area contributed by atoms with E-state index in [1.165, 1.54) is 24.2 Å². The van der Waals surface area contributed by atoms with E-state index in [-0.39, 0.29) is 11.5 Å². The van der Waals surface area contributed by atoms with E-state index in [2.05, 4.69) is 14.1 Å². The molecule has 4 fully saturated rings. The molecule has 4 bridgehead atoms. The molecule has 4 aliphatic rings. The largest absolute Gasteiger partial charge is 0.365 e. The highest BCUT2D eigenvalue weighted by atomic mass is 16.5. The maximum atomic E-state index is 12.9. The number of carbonyl (C=O) groups is 1. The average molecular weight is 280 g/mol. The number of Topliss-reactive ketones (excluding diaryl/α,β-unsaturated/α-hetero) is 1. The molecule has 4 saturated carbocycles. The van der Waals surface area contributed by atoms with Gasteiger partial charge in [-0.1, -0.05) is 0 Å². The first-order chi connectivity index (χ1) is 9.48. The summed E-state index contributed by atoms with van der Waals surface area (Å²) < 4.78 is 5.83. The minimum atomic E-state index is -0.203. The second-order valence-electron chi connectivity index (χ2n) is 8.03. The van der Waals surface area contributed by atoms with Crippen LogP contribution in [0.4, 0.5) is 0 Å². The summed E-state index contributed by atoms with van der Waals surface area (Å²) >= 11 is 0. The van der Waals surface area contributed by atoms with Crippen LogP contribution in [0.1, 0.15) is 45.4 Å². The van der Waals surface area contributed by atoms with Gasteiger partial charge in [-0.2, -0.15) is 0 Å². The lowest BCUT2D eigenvalue weighted by atomic mass is 9.48. The van der Waals surface area contributed by atoms with E-state index in [4.69, 9.17) is 4.74 Å². The lowest BCUT2D eigenvalue weighted by molar-refractivity contribution is -0.858. The molecule has 0 aromatic heterocycles. The molecule has 0 aromatic rings. The molecule has 1 N–H and O–H groups in total. The van der Waals surface area contributed by atoms with E-state index >= 15 is 0 Å². The molecule has 3 heteroatoms. The molecule has 1 atom stereocenters. The zero-order valence-electron chi connectivity index (χ0n) is 13.3. The first-order valence-corrected chi connectivity index (χ1v) is 8.43. The van der Waals surface area contributed by atoms with Gasteiger partial charge in [-0.3, -0.25) is 4.79 Å². The van der Waals surface area contributed by atoms with Crippen LogP contribution >= 0.6 is 0 Å². The Kier molecular flexibility index (Phi) is 3.93. The van der Waals surface area contributed by atoms with Gasteiger partial charge in [0, 0.05) is 5.41 Å². The number of ether oxygens (including phenoxy) is 1. The summed E-state index contributed by atoms with van der Waals surface area (Å²) in [7, 11) is 4.24. The third kappa shape index (κ3) is 2.67. The standard InChI is InChI=1S/C17H29NO2/c1-12(20-5-4-18(2)3)16(19)17-9-13-6-14(10-17)8-15(7-13)11-17/h12-15H,4-11H2,1-3H3/p+1/t12-,13?,14?,15?,17?/m1/s1. The second-order valence-corrected chi connectivity index (χ2v) is 8.03. The summed E-state index contributed by atoms with van der Waals surface area (Å²) in [5.74, 6) is 2.93. The molecule has 0 aliphatic heterocycles. The molecule has 0 amide bonds. The highest BCUT2D eigenvalue weighted by Gasteiger charge is 2.55. The molecule has 20 heavy (non-hydrogen) atoms. The fraction of sp³-hybridized carbons (Fsp3) is 0.941. The summed E-state index contributed by atoms with van der Waals surface area (Å²) in [5.41, 5.74) is -0.000853. The van der Waals surface area contributed by atoms with Crippen LogP contribution in [0.15, 0.2) is 0 Å². The summed E-state index contributed by atoms with van der Waals surface area (Å²) in [5, 5.41) is 0. The molecular formula is C17H30NO2+. The highest BCUT2D eigenvalue weighted by Crippen LogP contribution is 2.60. The number of hydrogen-bond acceptors (Lipinski definition) is 2. The van der Waals surface area contributed by atoms with E-state index in [0.29, 0.717) is 12.4 Å². The van der Waals surface area contributed by atoms with E-state index < -0.39 is 0 Å². The predicted molar refractivity (Wildman–Crippen MR) is 78.7 cm³/mol. The first kappa shape index (κ1) is 14.5. The summed E-state index contributed by atoms with van der Waals surface area (Å²) in [6, 6.07) is 0. The smallest absolute Gasteiger partial charge is 0.167 e. The van der Waals surface area contributed by atoms with Gasteiger partial charge in [0.15, 0.2) is 5.78 Å². The number of rotatable bonds is 6. The van der Waals surface area contributed by atoms with Crippen molar-refractivity contribution in [1.82, 2.24) is 0 Å². The summed E-state index contributed by atoms with van der Waals surface area (Å²) in [6.07, 6.45) is 7.45. The van der Waals surface area contributed by atoms with Crippen LogP contribution in [-0.2, 0) is 9.53 Å². The van der Waals surface area contributed by atoms with Crippen molar-refractivity contribution in [2.75, 3.05) is 27.2 Å². The Labute approximate surface area is 123 Å². The number of quaternary nitrogens is 1. The van der Waals surface area contributed by atoms with Crippen LogP contribution in [0.2, 0.25) is 0 Å². The number of carbonyl (C=O) groups excluding carboxylic acids is 1. The minimum absolute atomic E-state index is 0.000853. The van der Waals surface area contributed by atoms with Crippen LogP contribution in [0, 0.1) is 23.2 Å². The predicted octanol–water partition coefficient (Wildman–Crippen LogP) is 1.32. The Balaban J connectivity index is 1.61. The van der Waals surface area contributed by atoms with Gasteiger partial charge in [0.1, 0.15) is 12.6 Å². The lowest BCUT2D eigenvalue weighted by Gasteiger charge is -2.56. The lowest BCUT2D eigenvalue weighted by Crippen LogP contribution is -3.06. The molecule has 4 rings (SSSR count). The Morgan fingerprint density at radius 2 is 1.65 bits per heavy atom. The third-order valence-corrected chi connectivity index (χ3v) is 5.90. The van der Waals surface area contributed by atoms with Crippen LogP contribution in [0.3, 0.4) is 0 Å². The zero-order valence-corrected chi connectivity index (χ0v) is 13.3. The van der Waals surface area contributed by atoms with Crippen LogP contribution in [0.25, 0.3) is 0 Å². The first-order valence-electron chi connectivity index (χ1n) is 8.43. The Morgan fingerprint density at radius 1 is 1.15 bits per heavy atom. The van der Waals surface area contributed by atoms with E-state index in [0.717, 1.165) is 43.6 Å². The molecule has 0 unspecified atom stereocenters. The number of hydrogen-bond donors (Lipinski definition) is 1. The van der Waals surface area contributed by atoms with Gasteiger partial charge in [0.2, 0.25) is 0 Å². The Morgan fingerprint density at radius 3 is 2.10 bits per heavy atom. The van der Waals surface area contributed by atoms with Crippen molar-refractivity contribution >= 4 is 5.78 Å². The van der Waals surface area contributed by atoms with E-state index in [9.17, 15) is 4.79 Å². The monoisotopic (exact) mass is 280 g/mol. The molecule has 114 valence electrons. The number of ketones is 1. The fourth-order valence-corrected chi connectivity index (χ4v) is 5.36. The highest BCUT2D eigenvalue weighted by molar-refractivity contribution is 5.89. The Bertz CT molecular complexity index is 342. The minimum Gasteiger partial charge on any atom is -0.365 e. The topological polar surface area (TPSA) is 30.7 Å². The zero-order chi connectivity index (χ0) is 14.3. The molecule has 4 aliphatic carbocycles. The van der Waals surface area contributed by atoms with Crippen molar-refractivity contribution < 1.29 is 14.4 Å². The van der Waals surface area contributed by atoms with Gasteiger partial charge in [-0.05, 0) is 63.2 Å². The summed E-state index contributed by atoms with van der Waals surface area (Å²) in [6.45, 7) is 3.64. The van der Waals surface area contributed by atoms with Gasteiger partial charge in [0.05, 0.1) is 20.7 Å². The van der Waals surface area contributed by atoms with Crippen molar-refractivity contribution in [3.05, 3.63) is 0 Å². The van der Waals surface area contributed by atoms with E-state index in [1.807, 2.05) is 6.92 Å². The van der Waals surface area contributed by atoms with Gasteiger partial charge >= 0.3 is 0 Å². The molecule has 0 saturated heterocycles. The average Bonchev–Trinajstić information content (AvgIpc) is 2.35. The Hall–Kier alpha value is -0.410. The molecule has 3 nitrogen and oxygen atoms in total. The van der Waals surface area contributed by atoms with E-state index in [1.54, 1.807) is 0 Å². The van der Waals surface area contributed by atoms with Gasteiger partial charge in [0.25, 0.3) is 0 Å². The second kappa shape index (κ2) is 5.42. The van der Waals surface area contributed by atoms with Crippen LogP contribution < -0.4 is 4.90 Å². The SMILES string of the molecule is C[C@@H](OCC[NH+](C)C)C(=O)C12CC3CC(CC(C3)C1)C2. The summed E-state index contributed by atoms with van der Waals surface area (Å²) in [4.78, 5) is 14.3. The molecule has 0 radical (unpaired) electrons. The van der Waals surface area contributed by atoms with Crippen molar-refractivity contribution in [2.24, 2.45) is 23.2 Å². The number of nitrogens with one attached hydrogen (secondary N) is 1. The molecule has 0 heterocycles. The van der Waals surface area contributed by atoms with Crippen LogP contribution in [-0.4, -0.2) is 39.1 Å². The maximum absolute atomic E-state index is 12.9. The van der Waals surface area contributed by atoms with Gasteiger partial charge in [-0.25, -0.2) is 0 Å². The van der Waals surface area contributed by atoms with Crippen molar-refractivity contribution in [3.8, 4) is 0 Å². The number of likely N-dealkylation sites (N-methyl/N-ethyl adjacent to an activating group) is 1. The normalized spacial score (nSPS) is 40.3. The van der Waals surface area contributed by atoms with Gasteiger partial charge in [-0.15, -0.1) is 0 Å². The van der Waals surface area contributed by atoms with Crippen LogP contribution in [0.5, 0.6) is 0 Å². The van der Waals surface area contributed by atoms with Gasteiger partial charge < -0.3 is 9.64 Å². The van der Waals surface area contributed by atoms with Crippen molar-refractivity contribution in [1.29, 1.82) is 0 Å².